The summed E-state index contributed by atoms with van der Waals surface area (Å²) in [4.78, 5) is 0. The van der Waals surface area contributed by atoms with E-state index >= 15 is 0 Å². The summed E-state index contributed by atoms with van der Waals surface area (Å²) in [6, 6.07) is -1.87. The highest BCUT2D eigenvalue weighted by Gasteiger charge is 2.49. The molecule has 2 aliphatic rings. The van der Waals surface area contributed by atoms with Crippen LogP contribution in [0.3, 0.4) is 0 Å². The van der Waals surface area contributed by atoms with E-state index in [1.807, 2.05) is 0 Å². The molecule has 10 heteroatoms. The average molecular weight is 575 g/mol. The average Bonchev–Trinajstić information content (AvgIpc) is 2.94. The number of hydrogen-bond acceptors (Lipinski definition) is 10. The number of aliphatic hydroxyl groups is 2. The summed E-state index contributed by atoms with van der Waals surface area (Å²) in [6.07, 6.45) is 11.4. The van der Waals surface area contributed by atoms with Crippen molar-refractivity contribution in [2.75, 3.05) is 19.8 Å². The van der Waals surface area contributed by atoms with Crippen LogP contribution in [-0.2, 0) is 18.9 Å². The number of aliphatic hydroxyl groups excluding tert-OH is 2. The van der Waals surface area contributed by atoms with Crippen molar-refractivity contribution in [3.8, 4) is 0 Å². The minimum atomic E-state index is -1.25. The first-order valence-electron chi connectivity index (χ1n) is 16.2. The van der Waals surface area contributed by atoms with Crippen molar-refractivity contribution in [1.82, 2.24) is 0 Å². The Kier molecular flexibility index (Phi) is 18.3. The lowest BCUT2D eigenvalue weighted by Gasteiger charge is -2.47. The van der Waals surface area contributed by atoms with Crippen LogP contribution in [-0.4, -0.2) is 91.0 Å². The Morgan fingerprint density at radius 3 is 1.68 bits per heavy atom. The lowest BCUT2D eigenvalue weighted by molar-refractivity contribution is -0.298. The van der Waals surface area contributed by atoms with E-state index in [1.54, 1.807) is 0 Å². The number of ether oxygens (including phenoxy) is 4. The zero-order valence-electron chi connectivity index (χ0n) is 25.3. The van der Waals surface area contributed by atoms with Crippen LogP contribution in [0.4, 0.5) is 0 Å². The van der Waals surface area contributed by atoms with Gasteiger partial charge in [-0.15, -0.1) is 0 Å². The summed E-state index contributed by atoms with van der Waals surface area (Å²) in [5.41, 5.74) is 25.0. The number of nitrogens with two attached hydrogens (primary N) is 4. The van der Waals surface area contributed by atoms with Gasteiger partial charge in [-0.1, -0.05) is 90.9 Å². The Morgan fingerprint density at radius 2 is 1.15 bits per heavy atom. The van der Waals surface area contributed by atoms with Gasteiger partial charge < -0.3 is 52.1 Å². The summed E-state index contributed by atoms with van der Waals surface area (Å²) in [6.45, 7) is 5.81. The van der Waals surface area contributed by atoms with Crippen molar-refractivity contribution in [2.24, 2.45) is 22.9 Å². The van der Waals surface area contributed by atoms with Crippen LogP contribution >= 0.6 is 0 Å². The summed E-state index contributed by atoms with van der Waals surface area (Å²) in [7, 11) is 0. The van der Waals surface area contributed by atoms with Crippen LogP contribution in [0.2, 0.25) is 0 Å². The highest BCUT2D eigenvalue weighted by atomic mass is 16.7. The Hall–Kier alpha value is -0.400. The molecule has 1 aliphatic carbocycles. The fourth-order valence-corrected chi connectivity index (χ4v) is 5.83. The minimum Gasteiger partial charge on any atom is -0.389 e. The van der Waals surface area contributed by atoms with E-state index in [-0.39, 0.29) is 6.54 Å². The third-order valence-electron chi connectivity index (χ3n) is 8.42. The molecular weight excluding hydrogens is 512 g/mol. The van der Waals surface area contributed by atoms with Gasteiger partial charge in [-0.3, -0.25) is 0 Å². The van der Waals surface area contributed by atoms with Crippen LogP contribution < -0.4 is 22.9 Å². The standard InChI is InChI=1S/C30H62N4O6/c1-3-5-7-9-11-13-15-17-37-28-23(20-31)39-30(40-27-22(33)19-21(32)25(35)26(27)36)24(34)29(28)38-18-16-14-12-10-8-6-4-2/h21-30,35-36H,3-20,31-34H2,1-2H3/t21-,22+,23-,24-,25+,26-,27-,28-,29-,30-/m1/s1. The summed E-state index contributed by atoms with van der Waals surface area (Å²) in [5.74, 6) is 0. The predicted octanol–water partition coefficient (Wildman–Crippen LogP) is 2.43. The molecule has 1 aliphatic heterocycles. The van der Waals surface area contributed by atoms with E-state index in [1.165, 1.54) is 64.2 Å². The maximum absolute atomic E-state index is 10.6. The monoisotopic (exact) mass is 574 g/mol. The number of rotatable bonds is 21. The molecular formula is C30H62N4O6. The highest BCUT2D eigenvalue weighted by Crippen LogP contribution is 2.30. The van der Waals surface area contributed by atoms with Gasteiger partial charge in [0.2, 0.25) is 0 Å². The van der Waals surface area contributed by atoms with E-state index in [4.69, 9.17) is 41.9 Å². The molecule has 2 fully saturated rings. The molecule has 0 bridgehead atoms. The lowest BCUT2D eigenvalue weighted by atomic mass is 9.84. The fourth-order valence-electron chi connectivity index (χ4n) is 5.83. The number of hydrogen-bond donors (Lipinski definition) is 6. The van der Waals surface area contributed by atoms with Crippen molar-refractivity contribution >= 4 is 0 Å². The molecule has 0 aromatic heterocycles. The third kappa shape index (κ3) is 11.7. The largest absolute Gasteiger partial charge is 0.389 e. The molecule has 0 aromatic rings. The van der Waals surface area contributed by atoms with Crippen LogP contribution in [0.15, 0.2) is 0 Å². The fraction of sp³-hybridized carbons (Fsp3) is 1.00. The maximum Gasteiger partial charge on any atom is 0.176 e. The maximum atomic E-state index is 10.6. The first-order valence-corrected chi connectivity index (χ1v) is 16.2. The third-order valence-corrected chi connectivity index (χ3v) is 8.42. The van der Waals surface area contributed by atoms with E-state index in [9.17, 15) is 10.2 Å². The first-order chi connectivity index (χ1) is 19.3. The van der Waals surface area contributed by atoms with Crippen molar-refractivity contribution in [1.29, 1.82) is 0 Å². The van der Waals surface area contributed by atoms with Gasteiger partial charge in [0.05, 0.1) is 12.1 Å². The van der Waals surface area contributed by atoms with E-state index in [0.29, 0.717) is 19.6 Å². The SMILES string of the molecule is CCCCCCCCCO[C@@H]1[C@@H](N)[C@@H](O[C@H]2[C@H](O)[C@@H](O)[C@H](N)C[C@@H]2N)O[C@H](CN)[C@H]1OCCCCCCCCC. The minimum absolute atomic E-state index is 0.207. The summed E-state index contributed by atoms with van der Waals surface area (Å²) in [5, 5.41) is 20.9. The van der Waals surface area contributed by atoms with Crippen LogP contribution in [0.1, 0.15) is 110 Å². The first kappa shape index (κ1) is 35.8. The second kappa shape index (κ2) is 20.5. The van der Waals surface area contributed by atoms with E-state index in [2.05, 4.69) is 13.8 Å². The highest BCUT2D eigenvalue weighted by molar-refractivity contribution is 5.00. The molecule has 10 N–H and O–H groups in total. The molecule has 0 radical (unpaired) electrons. The molecule has 10 atom stereocenters. The topological polar surface area (TPSA) is 181 Å². The normalized spacial score (nSPS) is 34.8. The second-order valence-corrected chi connectivity index (χ2v) is 11.9. The molecule has 1 saturated carbocycles. The van der Waals surface area contributed by atoms with Crippen molar-refractivity contribution in [2.45, 2.75) is 171 Å². The lowest BCUT2D eigenvalue weighted by Crippen LogP contribution is -2.68. The molecule has 2 rings (SSSR count). The van der Waals surface area contributed by atoms with Crippen LogP contribution in [0.5, 0.6) is 0 Å². The molecule has 0 aromatic carbocycles. The van der Waals surface area contributed by atoms with Gasteiger partial charge in [-0.25, -0.2) is 0 Å². The molecule has 0 spiro atoms. The van der Waals surface area contributed by atoms with Gasteiger partial charge in [0, 0.05) is 31.8 Å². The van der Waals surface area contributed by atoms with Gasteiger partial charge in [0.15, 0.2) is 6.29 Å². The molecule has 40 heavy (non-hydrogen) atoms. The Bertz CT molecular complexity index is 635. The zero-order chi connectivity index (χ0) is 29.3. The second-order valence-electron chi connectivity index (χ2n) is 11.9. The Morgan fingerprint density at radius 1 is 0.650 bits per heavy atom. The van der Waals surface area contributed by atoms with Gasteiger partial charge in [-0.05, 0) is 19.3 Å². The van der Waals surface area contributed by atoms with Crippen molar-refractivity contribution < 1.29 is 29.2 Å². The Labute approximate surface area is 243 Å². The Balaban J connectivity index is 1.98. The molecule has 0 amide bonds. The van der Waals surface area contributed by atoms with Gasteiger partial charge in [-0.2, -0.15) is 0 Å². The molecule has 1 saturated heterocycles. The van der Waals surface area contributed by atoms with Gasteiger partial charge in [0.25, 0.3) is 0 Å². The van der Waals surface area contributed by atoms with E-state index < -0.39 is 61.0 Å². The van der Waals surface area contributed by atoms with Gasteiger partial charge in [0.1, 0.15) is 30.5 Å². The zero-order valence-corrected chi connectivity index (χ0v) is 25.3. The predicted molar refractivity (Wildman–Crippen MR) is 159 cm³/mol. The molecule has 1 heterocycles. The van der Waals surface area contributed by atoms with Gasteiger partial charge >= 0.3 is 0 Å². The molecule has 238 valence electrons. The summed E-state index contributed by atoms with van der Waals surface area (Å²) < 4.78 is 25.0. The molecule has 0 unspecified atom stereocenters. The van der Waals surface area contributed by atoms with Crippen molar-refractivity contribution in [3.05, 3.63) is 0 Å². The quantitative estimate of drug-likeness (QED) is 0.111. The van der Waals surface area contributed by atoms with Crippen molar-refractivity contribution in [3.63, 3.8) is 0 Å². The van der Waals surface area contributed by atoms with Crippen LogP contribution in [0, 0.1) is 0 Å². The molecule has 10 nitrogen and oxygen atoms in total. The van der Waals surface area contributed by atoms with E-state index in [0.717, 1.165) is 25.7 Å². The number of unbranched alkanes of at least 4 members (excludes halogenated alkanes) is 12. The smallest absolute Gasteiger partial charge is 0.176 e. The van der Waals surface area contributed by atoms with Crippen LogP contribution in [0.25, 0.3) is 0 Å². The summed E-state index contributed by atoms with van der Waals surface area (Å²) >= 11 is 0.